The number of halogens is 3. The fourth-order valence-electron chi connectivity index (χ4n) is 1.87. The van der Waals surface area contributed by atoms with Gasteiger partial charge < -0.3 is 5.32 Å². The molecule has 4 nitrogen and oxygen atoms in total. The zero-order valence-electron chi connectivity index (χ0n) is 12.2. The minimum Gasteiger partial charge on any atom is -0.355 e. The number of hydrogen-bond donors (Lipinski definition) is 2. The van der Waals surface area contributed by atoms with E-state index < -0.39 is 21.8 Å². The molecule has 0 amide bonds. The van der Waals surface area contributed by atoms with Crippen molar-refractivity contribution in [3.63, 3.8) is 0 Å². The van der Waals surface area contributed by atoms with Gasteiger partial charge >= 0.3 is 6.18 Å². The Labute approximate surface area is 132 Å². The smallest absolute Gasteiger partial charge is 0.355 e. The average Bonchev–Trinajstić information content (AvgIpc) is 2.48. The third-order valence-electron chi connectivity index (χ3n) is 3.05. The van der Waals surface area contributed by atoms with Crippen molar-refractivity contribution >= 4 is 27.1 Å². The van der Waals surface area contributed by atoms with E-state index in [9.17, 15) is 21.6 Å². The fourth-order valence-corrected chi connectivity index (χ4v) is 2.51. The summed E-state index contributed by atoms with van der Waals surface area (Å²) in [7, 11) is -3.39. The molecule has 8 heteroatoms. The average molecular weight is 344 g/mol. The highest BCUT2D eigenvalue weighted by Gasteiger charge is 2.33. The molecule has 124 valence electrons. The van der Waals surface area contributed by atoms with Gasteiger partial charge in [0, 0.05) is 11.4 Å². The van der Waals surface area contributed by atoms with Crippen LogP contribution in [-0.4, -0.2) is 14.2 Å². The van der Waals surface area contributed by atoms with Gasteiger partial charge in [-0.25, -0.2) is 8.42 Å². The molecule has 2 N–H and O–H groups in total. The van der Waals surface area contributed by atoms with Gasteiger partial charge in [-0.1, -0.05) is 12.1 Å². The van der Waals surface area contributed by atoms with E-state index >= 15 is 0 Å². The SMILES string of the molecule is CCS(=O)(=O)Nc1ccc(Nc2ccccc2C(F)(F)F)cc1. The summed E-state index contributed by atoms with van der Waals surface area (Å²) in [5.74, 6) is -0.0635. The standard InChI is InChI=1S/C15H15F3N2O2S/c1-2-23(21,22)20-12-9-7-11(8-10-12)19-14-6-4-3-5-13(14)15(16,17)18/h3-10,19-20H,2H2,1H3. The first-order valence-corrected chi connectivity index (χ1v) is 8.40. The molecule has 0 heterocycles. The number of alkyl halides is 3. The maximum Gasteiger partial charge on any atom is 0.418 e. The molecule has 0 bridgehead atoms. The van der Waals surface area contributed by atoms with Crippen LogP contribution < -0.4 is 10.0 Å². The van der Waals surface area contributed by atoms with Crippen molar-refractivity contribution in [2.24, 2.45) is 0 Å². The van der Waals surface area contributed by atoms with E-state index in [-0.39, 0.29) is 11.4 Å². The Morgan fingerprint density at radius 3 is 2.09 bits per heavy atom. The van der Waals surface area contributed by atoms with Crippen LogP contribution in [0.1, 0.15) is 12.5 Å². The number of sulfonamides is 1. The second kappa shape index (κ2) is 6.49. The third-order valence-corrected chi connectivity index (χ3v) is 4.36. The van der Waals surface area contributed by atoms with Crippen LogP contribution in [0.2, 0.25) is 0 Å². The number of rotatable bonds is 5. The molecular formula is C15H15F3N2O2S. The van der Waals surface area contributed by atoms with E-state index in [0.717, 1.165) is 6.07 Å². The second-order valence-electron chi connectivity index (χ2n) is 4.75. The molecule has 2 rings (SSSR count). The molecule has 0 aromatic heterocycles. The van der Waals surface area contributed by atoms with Gasteiger partial charge in [-0.2, -0.15) is 13.2 Å². The zero-order chi connectivity index (χ0) is 17.1. The minimum absolute atomic E-state index is 0.0635. The van der Waals surface area contributed by atoms with E-state index in [2.05, 4.69) is 10.0 Å². The Kier molecular flexibility index (Phi) is 4.84. The van der Waals surface area contributed by atoms with Crippen molar-refractivity contribution in [3.8, 4) is 0 Å². The van der Waals surface area contributed by atoms with Crippen LogP contribution in [0, 0.1) is 0 Å². The number of para-hydroxylation sites is 1. The highest BCUT2D eigenvalue weighted by atomic mass is 32.2. The Balaban J connectivity index is 2.20. The van der Waals surface area contributed by atoms with E-state index in [4.69, 9.17) is 0 Å². The maximum atomic E-state index is 12.9. The molecule has 0 saturated heterocycles. The van der Waals surface area contributed by atoms with Gasteiger partial charge in [-0.15, -0.1) is 0 Å². The summed E-state index contributed by atoms with van der Waals surface area (Å²) in [5, 5.41) is 2.69. The lowest BCUT2D eigenvalue weighted by Gasteiger charge is -2.14. The zero-order valence-corrected chi connectivity index (χ0v) is 13.0. The van der Waals surface area contributed by atoms with Crippen LogP contribution in [0.3, 0.4) is 0 Å². The summed E-state index contributed by atoms with van der Waals surface area (Å²) in [6, 6.07) is 11.1. The summed E-state index contributed by atoms with van der Waals surface area (Å²) < 4.78 is 64.0. The van der Waals surface area contributed by atoms with E-state index in [1.165, 1.54) is 49.4 Å². The Morgan fingerprint density at radius 2 is 1.52 bits per heavy atom. The van der Waals surface area contributed by atoms with Crippen molar-refractivity contribution < 1.29 is 21.6 Å². The highest BCUT2D eigenvalue weighted by molar-refractivity contribution is 7.92. The Hall–Kier alpha value is -2.22. The number of nitrogens with one attached hydrogen (secondary N) is 2. The van der Waals surface area contributed by atoms with Crippen LogP contribution in [0.25, 0.3) is 0 Å². The van der Waals surface area contributed by atoms with E-state index in [0.29, 0.717) is 11.4 Å². The van der Waals surface area contributed by atoms with Gasteiger partial charge in [0.2, 0.25) is 10.0 Å². The largest absolute Gasteiger partial charge is 0.418 e. The molecule has 0 aliphatic heterocycles. The van der Waals surface area contributed by atoms with Crippen LogP contribution in [0.5, 0.6) is 0 Å². The molecule has 0 aliphatic carbocycles. The Bertz CT molecular complexity index is 772. The van der Waals surface area contributed by atoms with Crippen LogP contribution in [-0.2, 0) is 16.2 Å². The van der Waals surface area contributed by atoms with Crippen molar-refractivity contribution in [2.45, 2.75) is 13.1 Å². The van der Waals surface area contributed by atoms with Gasteiger partial charge in [0.05, 0.1) is 17.0 Å². The number of anilines is 3. The van der Waals surface area contributed by atoms with Crippen molar-refractivity contribution in [1.82, 2.24) is 0 Å². The van der Waals surface area contributed by atoms with Gasteiger partial charge in [0.25, 0.3) is 0 Å². The second-order valence-corrected chi connectivity index (χ2v) is 6.76. The quantitative estimate of drug-likeness (QED) is 0.854. The monoisotopic (exact) mass is 344 g/mol. The molecule has 0 spiro atoms. The predicted molar refractivity (Wildman–Crippen MR) is 84.3 cm³/mol. The summed E-state index contributed by atoms with van der Waals surface area (Å²) >= 11 is 0. The Morgan fingerprint density at radius 1 is 0.957 bits per heavy atom. The topological polar surface area (TPSA) is 58.2 Å². The lowest BCUT2D eigenvalue weighted by atomic mass is 10.1. The number of hydrogen-bond acceptors (Lipinski definition) is 3. The molecule has 0 fully saturated rings. The van der Waals surface area contributed by atoms with Gasteiger partial charge in [-0.3, -0.25) is 4.72 Å². The van der Waals surface area contributed by atoms with Gasteiger partial charge in [-0.05, 0) is 43.3 Å². The van der Waals surface area contributed by atoms with Crippen LogP contribution in [0.15, 0.2) is 48.5 Å². The third kappa shape index (κ3) is 4.62. The van der Waals surface area contributed by atoms with Crippen molar-refractivity contribution in [2.75, 3.05) is 15.8 Å². The highest BCUT2D eigenvalue weighted by Crippen LogP contribution is 2.35. The first-order valence-electron chi connectivity index (χ1n) is 6.75. The fraction of sp³-hybridized carbons (Fsp3) is 0.200. The first-order chi connectivity index (χ1) is 10.7. The molecular weight excluding hydrogens is 329 g/mol. The van der Waals surface area contributed by atoms with Gasteiger partial charge in [0.15, 0.2) is 0 Å². The summed E-state index contributed by atoms with van der Waals surface area (Å²) in [4.78, 5) is 0. The molecule has 0 saturated carbocycles. The van der Waals surface area contributed by atoms with Crippen LogP contribution in [0.4, 0.5) is 30.2 Å². The summed E-state index contributed by atoms with van der Waals surface area (Å²) in [5.41, 5.74) is -0.0692. The predicted octanol–water partition coefficient (Wildman–Crippen LogP) is 4.21. The molecule has 23 heavy (non-hydrogen) atoms. The lowest BCUT2D eigenvalue weighted by Crippen LogP contribution is -2.14. The molecule has 0 atom stereocenters. The normalized spacial score (nSPS) is 12.0. The molecule has 2 aromatic carbocycles. The maximum absolute atomic E-state index is 12.9. The summed E-state index contributed by atoms with van der Waals surface area (Å²) in [6.45, 7) is 1.51. The number of benzene rings is 2. The lowest BCUT2D eigenvalue weighted by molar-refractivity contribution is -0.136. The van der Waals surface area contributed by atoms with Gasteiger partial charge in [0.1, 0.15) is 0 Å². The van der Waals surface area contributed by atoms with E-state index in [1.54, 1.807) is 0 Å². The molecule has 0 aliphatic rings. The molecule has 0 unspecified atom stereocenters. The molecule has 2 aromatic rings. The molecule has 0 radical (unpaired) electrons. The first kappa shape index (κ1) is 17.1. The van der Waals surface area contributed by atoms with E-state index in [1.807, 2.05) is 0 Å². The summed E-state index contributed by atoms with van der Waals surface area (Å²) in [6.07, 6.45) is -4.46. The van der Waals surface area contributed by atoms with Crippen molar-refractivity contribution in [3.05, 3.63) is 54.1 Å². The van der Waals surface area contributed by atoms with Crippen LogP contribution >= 0.6 is 0 Å². The minimum atomic E-state index is -4.46. The van der Waals surface area contributed by atoms with Crippen molar-refractivity contribution in [1.29, 1.82) is 0 Å².